The molecule has 0 radical (unpaired) electrons. The van der Waals surface area contributed by atoms with Gasteiger partial charge in [0.15, 0.2) is 5.96 Å². The van der Waals surface area contributed by atoms with Crippen molar-refractivity contribution in [2.45, 2.75) is 38.4 Å². The topological polar surface area (TPSA) is 32.6 Å². The summed E-state index contributed by atoms with van der Waals surface area (Å²) in [5.74, 6) is -0.948. The van der Waals surface area contributed by atoms with Crippen LogP contribution in [-0.4, -0.2) is 42.2 Å². The fourth-order valence-electron chi connectivity index (χ4n) is 3.47. The lowest BCUT2D eigenvalue weighted by atomic mass is 9.79. The van der Waals surface area contributed by atoms with Crippen molar-refractivity contribution in [3.05, 3.63) is 24.0 Å². The Morgan fingerprint density at radius 2 is 2.04 bits per heavy atom. The van der Waals surface area contributed by atoms with E-state index in [-0.39, 0.29) is 36.3 Å². The van der Waals surface area contributed by atoms with Crippen LogP contribution in [0, 0.1) is 11.8 Å². The molecule has 0 amide bonds. The van der Waals surface area contributed by atoms with Gasteiger partial charge in [-0.25, -0.2) is 0 Å². The number of hydrogen-bond donors (Lipinski definition) is 1. The summed E-state index contributed by atoms with van der Waals surface area (Å²) in [5, 5.41) is 3.14. The highest BCUT2D eigenvalue weighted by Gasteiger charge is 2.45. The van der Waals surface area contributed by atoms with Gasteiger partial charge in [0.2, 0.25) is 0 Å². The lowest BCUT2D eigenvalue weighted by molar-refractivity contribution is -0.195. The zero-order valence-electron chi connectivity index (χ0n) is 15.0. The van der Waals surface area contributed by atoms with Gasteiger partial charge in [0.1, 0.15) is 0 Å². The van der Waals surface area contributed by atoms with Gasteiger partial charge in [0.05, 0.1) is 12.5 Å². The van der Waals surface area contributed by atoms with Crippen LogP contribution in [0.15, 0.2) is 23.3 Å². The molecule has 0 aromatic carbocycles. The number of aromatic nitrogens is 1. The lowest BCUT2D eigenvalue weighted by Gasteiger charge is -2.34. The molecule has 0 bridgehead atoms. The average molecular weight is 472 g/mol. The molecule has 144 valence electrons. The molecule has 25 heavy (non-hydrogen) atoms. The van der Waals surface area contributed by atoms with Crippen LogP contribution >= 0.6 is 24.0 Å². The van der Waals surface area contributed by atoms with E-state index in [0.29, 0.717) is 31.9 Å². The first-order valence-corrected chi connectivity index (χ1v) is 8.41. The molecule has 2 atom stereocenters. The van der Waals surface area contributed by atoms with Gasteiger partial charge in [-0.2, -0.15) is 13.2 Å². The number of halogens is 4. The highest BCUT2D eigenvalue weighted by Crippen LogP contribution is 2.41. The minimum absolute atomic E-state index is 0. The number of hydrogen-bond acceptors (Lipinski definition) is 1. The third-order valence-corrected chi connectivity index (χ3v) is 4.88. The lowest BCUT2D eigenvalue weighted by Crippen LogP contribution is -2.44. The molecule has 1 aliphatic rings. The fourth-order valence-corrected chi connectivity index (χ4v) is 3.47. The molecule has 1 aromatic heterocycles. The van der Waals surface area contributed by atoms with E-state index in [1.807, 2.05) is 41.9 Å². The van der Waals surface area contributed by atoms with E-state index in [4.69, 9.17) is 0 Å². The number of alkyl halides is 3. The summed E-state index contributed by atoms with van der Waals surface area (Å²) in [6.45, 7) is 0.963. The zero-order valence-corrected chi connectivity index (χ0v) is 17.3. The number of nitrogens with zero attached hydrogens (tertiary/aromatic N) is 3. The first kappa shape index (κ1) is 22.1. The summed E-state index contributed by atoms with van der Waals surface area (Å²) in [4.78, 5) is 6.14. The molecule has 0 spiro atoms. The molecule has 2 unspecified atom stereocenters. The summed E-state index contributed by atoms with van der Waals surface area (Å²) in [6.07, 6.45) is 0.267. The second kappa shape index (κ2) is 9.68. The highest BCUT2D eigenvalue weighted by molar-refractivity contribution is 14.0. The van der Waals surface area contributed by atoms with E-state index in [1.54, 1.807) is 7.05 Å². The largest absolute Gasteiger partial charge is 0.392 e. The minimum atomic E-state index is -4.11. The Hall–Kier alpha value is -0.930. The number of rotatable bonds is 4. The van der Waals surface area contributed by atoms with Crippen molar-refractivity contribution < 1.29 is 13.2 Å². The smallest absolute Gasteiger partial charge is 0.356 e. The first-order valence-electron chi connectivity index (χ1n) is 8.41. The van der Waals surface area contributed by atoms with Gasteiger partial charge >= 0.3 is 6.18 Å². The Labute approximate surface area is 164 Å². The van der Waals surface area contributed by atoms with E-state index < -0.39 is 12.1 Å². The maximum Gasteiger partial charge on any atom is 0.392 e. The quantitative estimate of drug-likeness (QED) is 0.408. The molecule has 1 aliphatic carbocycles. The Morgan fingerprint density at radius 1 is 1.36 bits per heavy atom. The molecule has 1 heterocycles. The van der Waals surface area contributed by atoms with Crippen molar-refractivity contribution in [3.8, 4) is 0 Å². The Balaban J connectivity index is 0.00000312. The van der Waals surface area contributed by atoms with E-state index >= 15 is 0 Å². The second-order valence-corrected chi connectivity index (χ2v) is 6.59. The molecule has 0 aliphatic heterocycles. The Kier molecular flexibility index (Phi) is 8.56. The van der Waals surface area contributed by atoms with Crippen LogP contribution in [-0.2, 0) is 13.6 Å². The van der Waals surface area contributed by atoms with E-state index in [1.165, 1.54) is 0 Å². The van der Waals surface area contributed by atoms with Gasteiger partial charge in [-0.1, -0.05) is 12.8 Å². The number of aliphatic imine (C=N–C) groups is 1. The number of nitrogens with one attached hydrogen (secondary N) is 1. The number of aryl methyl sites for hydroxylation is 1. The Bertz CT molecular complexity index is 556. The van der Waals surface area contributed by atoms with Gasteiger partial charge in [-0.15, -0.1) is 24.0 Å². The van der Waals surface area contributed by atoms with Crippen LogP contribution < -0.4 is 5.32 Å². The molecule has 1 aromatic rings. The normalized spacial score (nSPS) is 21.6. The van der Waals surface area contributed by atoms with Gasteiger partial charge in [0, 0.05) is 39.6 Å². The van der Waals surface area contributed by atoms with Crippen molar-refractivity contribution in [2.75, 3.05) is 20.6 Å². The number of guanidine groups is 1. The van der Waals surface area contributed by atoms with Crippen LogP contribution in [0.5, 0.6) is 0 Å². The first-order chi connectivity index (χ1) is 11.3. The fraction of sp³-hybridized carbons (Fsp3) is 0.706. The van der Waals surface area contributed by atoms with Crippen LogP contribution in [0.25, 0.3) is 0 Å². The molecule has 0 saturated heterocycles. The molecular weight excluding hydrogens is 444 g/mol. The minimum Gasteiger partial charge on any atom is -0.356 e. The summed E-state index contributed by atoms with van der Waals surface area (Å²) in [5.41, 5.74) is 1.12. The maximum absolute atomic E-state index is 13.2. The van der Waals surface area contributed by atoms with Crippen LogP contribution in [0.2, 0.25) is 0 Å². The van der Waals surface area contributed by atoms with Gasteiger partial charge in [-0.05, 0) is 30.9 Å². The predicted octanol–water partition coefficient (Wildman–Crippen LogP) is 4.02. The monoisotopic (exact) mass is 472 g/mol. The van der Waals surface area contributed by atoms with E-state index in [0.717, 1.165) is 12.1 Å². The predicted molar refractivity (Wildman–Crippen MR) is 105 cm³/mol. The third kappa shape index (κ3) is 6.07. The van der Waals surface area contributed by atoms with Crippen molar-refractivity contribution in [1.82, 2.24) is 14.8 Å². The summed E-state index contributed by atoms with van der Waals surface area (Å²) in [6, 6.07) is 3.99. The van der Waals surface area contributed by atoms with Crippen LogP contribution in [0.1, 0.15) is 31.4 Å². The maximum atomic E-state index is 13.2. The zero-order chi connectivity index (χ0) is 17.7. The van der Waals surface area contributed by atoms with Crippen molar-refractivity contribution >= 4 is 29.9 Å². The van der Waals surface area contributed by atoms with Crippen molar-refractivity contribution in [3.63, 3.8) is 0 Å². The molecule has 1 fully saturated rings. The van der Waals surface area contributed by atoms with Crippen molar-refractivity contribution in [1.29, 1.82) is 0 Å². The van der Waals surface area contributed by atoms with Gasteiger partial charge in [-0.3, -0.25) is 4.99 Å². The van der Waals surface area contributed by atoms with Crippen LogP contribution in [0.3, 0.4) is 0 Å². The van der Waals surface area contributed by atoms with Gasteiger partial charge < -0.3 is 14.8 Å². The summed E-state index contributed by atoms with van der Waals surface area (Å²) in [7, 11) is 5.52. The third-order valence-electron chi connectivity index (χ3n) is 4.88. The van der Waals surface area contributed by atoms with Gasteiger partial charge in [0.25, 0.3) is 0 Å². The second-order valence-electron chi connectivity index (χ2n) is 6.59. The highest BCUT2D eigenvalue weighted by atomic mass is 127. The molecular formula is C17H28F3IN4. The van der Waals surface area contributed by atoms with E-state index in [9.17, 15) is 13.2 Å². The standard InChI is InChI=1S/C17H27F3N4.HI/c1-21-16(24(3)12-14-8-6-10-23(14)2)22-11-13-7-4-5-9-15(13)17(18,19)20;/h6,8,10,13,15H,4-5,7,9,11-12H2,1-3H3,(H,21,22);1H. The molecule has 2 rings (SSSR count). The summed E-state index contributed by atoms with van der Waals surface area (Å²) >= 11 is 0. The summed E-state index contributed by atoms with van der Waals surface area (Å²) < 4.78 is 41.6. The molecule has 1 saturated carbocycles. The Morgan fingerprint density at radius 3 is 2.60 bits per heavy atom. The van der Waals surface area contributed by atoms with E-state index in [2.05, 4.69) is 10.3 Å². The van der Waals surface area contributed by atoms with Crippen LogP contribution in [0.4, 0.5) is 13.2 Å². The molecule has 1 N–H and O–H groups in total. The van der Waals surface area contributed by atoms with Crippen molar-refractivity contribution in [2.24, 2.45) is 23.9 Å². The molecule has 8 heteroatoms. The SMILES string of the molecule is CN=C(NCC1CCCCC1C(F)(F)F)N(C)Cc1cccn1C.I. The molecule has 4 nitrogen and oxygen atoms in total. The average Bonchev–Trinajstić information content (AvgIpc) is 2.92.